The van der Waals surface area contributed by atoms with Crippen LogP contribution in [0, 0.1) is 0 Å². The van der Waals surface area contributed by atoms with E-state index in [4.69, 9.17) is 0 Å². The number of hydrogen-bond donors (Lipinski definition) is 2. The second-order valence-corrected chi connectivity index (χ2v) is 6.23. The number of carbonyl (C=O) groups is 1. The molecule has 0 spiro atoms. The quantitative estimate of drug-likeness (QED) is 0.798. The highest BCUT2D eigenvalue weighted by Gasteiger charge is 2.42. The number of rotatable bonds is 3. The van der Waals surface area contributed by atoms with E-state index < -0.39 is 0 Å². The summed E-state index contributed by atoms with van der Waals surface area (Å²) in [5.74, 6) is 0.0986. The van der Waals surface area contributed by atoms with Gasteiger partial charge in [-0.25, -0.2) is 0 Å². The zero-order valence-electron chi connectivity index (χ0n) is 11.6. The van der Waals surface area contributed by atoms with E-state index in [1.807, 2.05) is 0 Å². The second kappa shape index (κ2) is 5.57. The molecule has 18 heavy (non-hydrogen) atoms. The van der Waals surface area contributed by atoms with Crippen LogP contribution in [0.4, 0.5) is 0 Å². The van der Waals surface area contributed by atoms with Gasteiger partial charge in [0.15, 0.2) is 0 Å². The van der Waals surface area contributed by atoms with Crippen molar-refractivity contribution in [1.29, 1.82) is 0 Å². The van der Waals surface area contributed by atoms with Gasteiger partial charge in [0.05, 0.1) is 6.04 Å². The standard InChI is InChI=1S/C14H26N2O2/c1-14(2)8-9-15-13(18)12(7-10-17)16(14)11-5-3-4-6-11/h11-12,17H,3-10H2,1-2H3,(H,15,18). The molecule has 0 bridgehead atoms. The van der Waals surface area contributed by atoms with Crippen LogP contribution >= 0.6 is 0 Å². The first-order valence-corrected chi connectivity index (χ1v) is 7.23. The minimum atomic E-state index is -0.157. The number of carbonyl (C=O) groups excluding carboxylic acids is 1. The Bertz CT molecular complexity index is 298. The fourth-order valence-corrected chi connectivity index (χ4v) is 3.61. The first-order valence-electron chi connectivity index (χ1n) is 7.23. The lowest BCUT2D eigenvalue weighted by atomic mass is 9.93. The normalized spacial score (nSPS) is 30.2. The van der Waals surface area contributed by atoms with Gasteiger partial charge in [0.1, 0.15) is 0 Å². The Balaban J connectivity index is 2.25. The van der Waals surface area contributed by atoms with E-state index in [2.05, 4.69) is 24.1 Å². The van der Waals surface area contributed by atoms with Crippen molar-refractivity contribution in [3.05, 3.63) is 0 Å². The van der Waals surface area contributed by atoms with Crippen molar-refractivity contribution >= 4 is 5.91 Å². The van der Waals surface area contributed by atoms with Gasteiger partial charge in [-0.2, -0.15) is 0 Å². The van der Waals surface area contributed by atoms with Gasteiger partial charge in [0, 0.05) is 24.7 Å². The second-order valence-electron chi connectivity index (χ2n) is 6.23. The molecule has 4 nitrogen and oxygen atoms in total. The Kier molecular flexibility index (Phi) is 4.28. The molecule has 2 N–H and O–H groups in total. The molecule has 1 saturated carbocycles. The van der Waals surface area contributed by atoms with Crippen molar-refractivity contribution in [3.8, 4) is 0 Å². The fraction of sp³-hybridized carbons (Fsp3) is 0.929. The summed E-state index contributed by atoms with van der Waals surface area (Å²) in [6.45, 7) is 5.29. The smallest absolute Gasteiger partial charge is 0.237 e. The molecule has 104 valence electrons. The Morgan fingerprint density at radius 2 is 2.06 bits per heavy atom. The SMILES string of the molecule is CC1(C)CCNC(=O)C(CCO)N1C1CCCC1. The van der Waals surface area contributed by atoms with Gasteiger partial charge < -0.3 is 10.4 Å². The number of aliphatic hydroxyl groups excluding tert-OH is 1. The summed E-state index contributed by atoms with van der Waals surface area (Å²) in [5, 5.41) is 12.2. The maximum Gasteiger partial charge on any atom is 0.237 e. The largest absolute Gasteiger partial charge is 0.396 e. The monoisotopic (exact) mass is 254 g/mol. The Hall–Kier alpha value is -0.610. The van der Waals surface area contributed by atoms with Crippen LogP contribution in [0.15, 0.2) is 0 Å². The Labute approximate surface area is 110 Å². The van der Waals surface area contributed by atoms with Crippen LogP contribution in [-0.2, 0) is 4.79 Å². The molecule has 1 amide bonds. The van der Waals surface area contributed by atoms with Crippen molar-refractivity contribution in [3.63, 3.8) is 0 Å². The van der Waals surface area contributed by atoms with Crippen LogP contribution in [0.5, 0.6) is 0 Å². The summed E-state index contributed by atoms with van der Waals surface area (Å²) in [4.78, 5) is 14.6. The third kappa shape index (κ3) is 2.69. The summed E-state index contributed by atoms with van der Waals surface area (Å²) in [6.07, 6.45) is 6.45. The van der Waals surface area contributed by atoms with E-state index in [9.17, 15) is 9.90 Å². The first kappa shape index (κ1) is 13.8. The van der Waals surface area contributed by atoms with Crippen LogP contribution in [0.3, 0.4) is 0 Å². The lowest BCUT2D eigenvalue weighted by Crippen LogP contribution is -2.56. The minimum absolute atomic E-state index is 0.0357. The van der Waals surface area contributed by atoms with Crippen LogP contribution in [0.2, 0.25) is 0 Å². The maximum absolute atomic E-state index is 12.2. The van der Waals surface area contributed by atoms with Crippen LogP contribution in [0.25, 0.3) is 0 Å². The predicted molar refractivity (Wildman–Crippen MR) is 71.3 cm³/mol. The molecule has 0 aromatic carbocycles. The fourth-order valence-electron chi connectivity index (χ4n) is 3.61. The van der Waals surface area contributed by atoms with Gasteiger partial charge in [-0.3, -0.25) is 9.69 Å². The predicted octanol–water partition coefficient (Wildman–Crippen LogP) is 1.28. The zero-order chi connectivity index (χ0) is 13.2. The molecule has 1 saturated heterocycles. The summed E-state index contributed by atoms with van der Waals surface area (Å²) in [5.41, 5.74) is 0.0357. The first-order chi connectivity index (χ1) is 8.56. The third-order valence-corrected chi connectivity index (χ3v) is 4.49. The molecule has 2 aliphatic rings. The average Bonchev–Trinajstić information content (AvgIpc) is 2.77. The van der Waals surface area contributed by atoms with Crippen LogP contribution in [0.1, 0.15) is 52.4 Å². The molecule has 1 atom stereocenters. The van der Waals surface area contributed by atoms with Crippen molar-refractivity contribution in [2.45, 2.75) is 70.0 Å². The third-order valence-electron chi connectivity index (χ3n) is 4.49. The molecule has 2 fully saturated rings. The molecule has 2 rings (SSSR count). The van der Waals surface area contributed by atoms with E-state index in [0.717, 1.165) is 13.0 Å². The van der Waals surface area contributed by atoms with E-state index in [-0.39, 0.29) is 24.1 Å². The number of nitrogens with one attached hydrogen (secondary N) is 1. The minimum Gasteiger partial charge on any atom is -0.396 e. The molecule has 4 heteroatoms. The molecule has 0 aromatic rings. The maximum atomic E-state index is 12.2. The highest BCUT2D eigenvalue weighted by Crippen LogP contribution is 2.34. The average molecular weight is 254 g/mol. The summed E-state index contributed by atoms with van der Waals surface area (Å²) < 4.78 is 0. The summed E-state index contributed by atoms with van der Waals surface area (Å²) >= 11 is 0. The van der Waals surface area contributed by atoms with Gasteiger partial charge in [0.2, 0.25) is 5.91 Å². The molecular weight excluding hydrogens is 228 g/mol. The highest BCUT2D eigenvalue weighted by atomic mass is 16.3. The highest BCUT2D eigenvalue weighted by molar-refractivity contribution is 5.82. The Morgan fingerprint density at radius 1 is 1.39 bits per heavy atom. The van der Waals surface area contributed by atoms with Gasteiger partial charge in [0.25, 0.3) is 0 Å². The van der Waals surface area contributed by atoms with Crippen molar-refractivity contribution in [2.24, 2.45) is 0 Å². The number of nitrogens with zero attached hydrogens (tertiary/aromatic N) is 1. The molecule has 0 radical (unpaired) electrons. The van der Waals surface area contributed by atoms with Crippen LogP contribution in [-0.4, -0.2) is 46.7 Å². The Morgan fingerprint density at radius 3 is 2.67 bits per heavy atom. The molecule has 1 unspecified atom stereocenters. The lowest BCUT2D eigenvalue weighted by molar-refractivity contribution is -0.129. The van der Waals surface area contributed by atoms with Gasteiger partial charge in [-0.05, 0) is 39.5 Å². The number of hydrogen-bond acceptors (Lipinski definition) is 3. The summed E-state index contributed by atoms with van der Waals surface area (Å²) in [7, 11) is 0. The molecular formula is C14H26N2O2. The van der Waals surface area contributed by atoms with Crippen molar-refractivity contribution in [1.82, 2.24) is 10.2 Å². The van der Waals surface area contributed by atoms with Crippen molar-refractivity contribution < 1.29 is 9.90 Å². The summed E-state index contributed by atoms with van der Waals surface area (Å²) in [6, 6.07) is 0.357. The lowest BCUT2D eigenvalue weighted by Gasteiger charge is -2.45. The zero-order valence-corrected chi connectivity index (χ0v) is 11.6. The molecule has 1 aliphatic carbocycles. The molecule has 0 aromatic heterocycles. The van der Waals surface area contributed by atoms with Gasteiger partial charge in [-0.1, -0.05) is 12.8 Å². The topological polar surface area (TPSA) is 52.6 Å². The van der Waals surface area contributed by atoms with E-state index in [1.54, 1.807) is 0 Å². The van der Waals surface area contributed by atoms with E-state index >= 15 is 0 Å². The van der Waals surface area contributed by atoms with E-state index in [0.29, 0.717) is 12.5 Å². The van der Waals surface area contributed by atoms with Gasteiger partial charge >= 0.3 is 0 Å². The van der Waals surface area contributed by atoms with Crippen LogP contribution < -0.4 is 5.32 Å². The van der Waals surface area contributed by atoms with Gasteiger partial charge in [-0.15, -0.1) is 0 Å². The number of aliphatic hydroxyl groups is 1. The molecule has 1 heterocycles. The number of amides is 1. The molecule has 1 aliphatic heterocycles. The van der Waals surface area contributed by atoms with Crippen molar-refractivity contribution in [2.75, 3.05) is 13.2 Å². The van der Waals surface area contributed by atoms with E-state index in [1.165, 1.54) is 25.7 Å².